The van der Waals surface area contributed by atoms with E-state index in [0.29, 0.717) is 25.6 Å². The van der Waals surface area contributed by atoms with Crippen LogP contribution in [0.3, 0.4) is 0 Å². The minimum atomic E-state index is -0.00788. The van der Waals surface area contributed by atoms with Crippen LogP contribution in [0, 0.1) is 5.92 Å². The van der Waals surface area contributed by atoms with Crippen LogP contribution in [-0.4, -0.2) is 68.8 Å². The van der Waals surface area contributed by atoms with Gasteiger partial charge in [0.05, 0.1) is 20.2 Å². The average Bonchev–Trinajstić information content (AvgIpc) is 2.55. The number of nitrogens with zero attached hydrogens (tertiary/aromatic N) is 2. The standard InChI is InChI=1S/C18H29N3O3/c1-5-20(3)11-14(2)10-19-18(22)21-12-17(13-21)24-16-8-6-7-15(9-16)23-4/h6-9,14,17H,5,10-13H2,1-4H3,(H,19,22)/t14-/m0/s1. The average molecular weight is 335 g/mol. The first-order chi connectivity index (χ1) is 11.5. The first-order valence-corrected chi connectivity index (χ1v) is 8.53. The van der Waals surface area contributed by atoms with Crippen LogP contribution in [0.1, 0.15) is 13.8 Å². The number of nitrogens with one attached hydrogen (secondary N) is 1. The molecule has 0 aromatic heterocycles. The summed E-state index contributed by atoms with van der Waals surface area (Å²) in [7, 11) is 3.72. The van der Waals surface area contributed by atoms with Gasteiger partial charge in [0.15, 0.2) is 0 Å². The Bertz CT molecular complexity index is 532. The van der Waals surface area contributed by atoms with E-state index in [1.165, 1.54) is 0 Å². The maximum atomic E-state index is 12.1. The molecule has 24 heavy (non-hydrogen) atoms. The number of hydrogen-bond acceptors (Lipinski definition) is 4. The Hall–Kier alpha value is -1.95. The predicted octanol–water partition coefficient (Wildman–Crippen LogP) is 2.06. The molecule has 1 atom stereocenters. The molecule has 1 aliphatic rings. The van der Waals surface area contributed by atoms with E-state index in [1.807, 2.05) is 24.3 Å². The number of carbonyl (C=O) groups excluding carboxylic acids is 1. The van der Waals surface area contributed by atoms with Crippen molar-refractivity contribution in [2.24, 2.45) is 5.92 Å². The van der Waals surface area contributed by atoms with E-state index in [9.17, 15) is 4.79 Å². The smallest absolute Gasteiger partial charge is 0.317 e. The van der Waals surface area contributed by atoms with Gasteiger partial charge < -0.3 is 24.6 Å². The molecule has 0 spiro atoms. The number of urea groups is 1. The third kappa shape index (κ3) is 5.30. The summed E-state index contributed by atoms with van der Waals surface area (Å²) in [6.07, 6.45) is 0.0477. The van der Waals surface area contributed by atoms with Crippen LogP contribution in [0.5, 0.6) is 11.5 Å². The summed E-state index contributed by atoms with van der Waals surface area (Å²) in [5, 5.41) is 3.00. The minimum Gasteiger partial charge on any atom is -0.497 e. The molecular formula is C18H29N3O3. The Morgan fingerprint density at radius 3 is 2.79 bits per heavy atom. The normalized spacial score (nSPS) is 15.8. The number of benzene rings is 1. The molecule has 1 N–H and O–H groups in total. The van der Waals surface area contributed by atoms with Crippen LogP contribution in [0.2, 0.25) is 0 Å². The van der Waals surface area contributed by atoms with E-state index in [2.05, 4.69) is 31.1 Å². The molecule has 1 aromatic rings. The molecule has 6 heteroatoms. The van der Waals surface area contributed by atoms with Gasteiger partial charge in [-0.1, -0.05) is 19.9 Å². The number of hydrogen-bond donors (Lipinski definition) is 1. The zero-order valence-electron chi connectivity index (χ0n) is 15.1. The SMILES string of the molecule is CCN(C)C[C@@H](C)CNC(=O)N1CC(Oc2cccc(OC)c2)C1. The van der Waals surface area contributed by atoms with Crippen LogP contribution in [0.25, 0.3) is 0 Å². The van der Waals surface area contributed by atoms with Gasteiger partial charge in [0.1, 0.15) is 17.6 Å². The molecule has 0 aliphatic carbocycles. The molecule has 0 unspecified atom stereocenters. The van der Waals surface area contributed by atoms with Crippen molar-refractivity contribution in [1.82, 2.24) is 15.1 Å². The summed E-state index contributed by atoms with van der Waals surface area (Å²) >= 11 is 0. The Labute approximate surface area is 144 Å². The fourth-order valence-electron chi connectivity index (χ4n) is 2.64. The number of carbonyl (C=O) groups is 1. The number of amides is 2. The molecular weight excluding hydrogens is 306 g/mol. The second-order valence-electron chi connectivity index (χ2n) is 6.47. The molecule has 2 amide bonds. The third-order valence-corrected chi connectivity index (χ3v) is 4.24. The summed E-state index contributed by atoms with van der Waals surface area (Å²) in [6, 6.07) is 7.52. The maximum absolute atomic E-state index is 12.1. The molecule has 0 radical (unpaired) electrons. The number of rotatable bonds is 8. The summed E-state index contributed by atoms with van der Waals surface area (Å²) < 4.78 is 11.0. The second kappa shape index (κ2) is 8.78. The fourth-order valence-corrected chi connectivity index (χ4v) is 2.64. The molecule has 1 fully saturated rings. The van der Waals surface area contributed by atoms with Crippen LogP contribution in [0.15, 0.2) is 24.3 Å². The van der Waals surface area contributed by atoms with Gasteiger partial charge in [0.2, 0.25) is 0 Å². The molecule has 1 heterocycles. The Kier molecular flexibility index (Phi) is 6.73. The lowest BCUT2D eigenvalue weighted by molar-refractivity contribution is 0.0439. The van der Waals surface area contributed by atoms with Gasteiger partial charge in [-0.3, -0.25) is 0 Å². The molecule has 1 aromatic carbocycles. The maximum Gasteiger partial charge on any atom is 0.317 e. The van der Waals surface area contributed by atoms with Crippen molar-refractivity contribution in [2.75, 3.05) is 46.9 Å². The highest BCUT2D eigenvalue weighted by Gasteiger charge is 2.32. The lowest BCUT2D eigenvalue weighted by Crippen LogP contribution is -2.59. The Morgan fingerprint density at radius 1 is 1.42 bits per heavy atom. The van der Waals surface area contributed by atoms with Gasteiger partial charge in [-0.25, -0.2) is 4.79 Å². The van der Waals surface area contributed by atoms with E-state index in [0.717, 1.165) is 24.6 Å². The summed E-state index contributed by atoms with van der Waals surface area (Å²) in [6.45, 7) is 8.22. The monoisotopic (exact) mass is 335 g/mol. The largest absolute Gasteiger partial charge is 0.497 e. The van der Waals surface area contributed by atoms with Gasteiger partial charge >= 0.3 is 6.03 Å². The number of likely N-dealkylation sites (tertiary alicyclic amines) is 1. The topological polar surface area (TPSA) is 54.0 Å². The lowest BCUT2D eigenvalue weighted by Gasteiger charge is -2.39. The van der Waals surface area contributed by atoms with E-state index >= 15 is 0 Å². The highest BCUT2D eigenvalue weighted by molar-refractivity contribution is 5.75. The number of methoxy groups -OCH3 is 1. The van der Waals surface area contributed by atoms with E-state index < -0.39 is 0 Å². The summed E-state index contributed by atoms with van der Waals surface area (Å²) in [5.74, 6) is 1.98. The van der Waals surface area contributed by atoms with Gasteiger partial charge in [-0.2, -0.15) is 0 Å². The molecule has 6 nitrogen and oxygen atoms in total. The zero-order valence-corrected chi connectivity index (χ0v) is 15.1. The van der Waals surface area contributed by atoms with Crippen LogP contribution in [-0.2, 0) is 0 Å². The Balaban J connectivity index is 1.67. The van der Waals surface area contributed by atoms with Crippen molar-refractivity contribution in [1.29, 1.82) is 0 Å². The van der Waals surface area contributed by atoms with Crippen molar-refractivity contribution < 1.29 is 14.3 Å². The van der Waals surface area contributed by atoms with E-state index in [4.69, 9.17) is 9.47 Å². The first-order valence-electron chi connectivity index (χ1n) is 8.53. The van der Waals surface area contributed by atoms with E-state index in [1.54, 1.807) is 12.0 Å². The predicted molar refractivity (Wildman–Crippen MR) is 94.7 cm³/mol. The third-order valence-electron chi connectivity index (χ3n) is 4.24. The van der Waals surface area contributed by atoms with Crippen LogP contribution >= 0.6 is 0 Å². The highest BCUT2D eigenvalue weighted by Crippen LogP contribution is 2.22. The Morgan fingerprint density at radius 2 is 2.12 bits per heavy atom. The molecule has 134 valence electrons. The van der Waals surface area contributed by atoms with Crippen molar-refractivity contribution >= 4 is 6.03 Å². The number of ether oxygens (including phenoxy) is 2. The highest BCUT2D eigenvalue weighted by atomic mass is 16.5. The minimum absolute atomic E-state index is 0.00788. The van der Waals surface area contributed by atoms with Crippen molar-refractivity contribution in [3.8, 4) is 11.5 Å². The van der Waals surface area contributed by atoms with E-state index in [-0.39, 0.29) is 12.1 Å². The van der Waals surface area contributed by atoms with Gasteiger partial charge in [-0.05, 0) is 31.6 Å². The molecule has 1 saturated heterocycles. The molecule has 0 saturated carbocycles. The fraction of sp³-hybridized carbons (Fsp3) is 0.611. The van der Waals surface area contributed by atoms with Crippen molar-refractivity contribution in [3.05, 3.63) is 24.3 Å². The van der Waals surface area contributed by atoms with Gasteiger partial charge in [0, 0.05) is 19.2 Å². The van der Waals surface area contributed by atoms with Gasteiger partial charge in [0.25, 0.3) is 0 Å². The molecule has 2 rings (SSSR count). The van der Waals surface area contributed by atoms with Gasteiger partial charge in [-0.15, -0.1) is 0 Å². The van der Waals surface area contributed by atoms with Crippen LogP contribution < -0.4 is 14.8 Å². The van der Waals surface area contributed by atoms with Crippen LogP contribution in [0.4, 0.5) is 4.79 Å². The first kappa shape index (κ1) is 18.4. The van der Waals surface area contributed by atoms with Crippen molar-refractivity contribution in [2.45, 2.75) is 20.0 Å². The zero-order chi connectivity index (χ0) is 17.5. The van der Waals surface area contributed by atoms with Crippen molar-refractivity contribution in [3.63, 3.8) is 0 Å². The molecule has 1 aliphatic heterocycles. The summed E-state index contributed by atoms with van der Waals surface area (Å²) in [4.78, 5) is 16.1. The quantitative estimate of drug-likeness (QED) is 0.790. The summed E-state index contributed by atoms with van der Waals surface area (Å²) in [5.41, 5.74) is 0. The molecule has 0 bridgehead atoms. The second-order valence-corrected chi connectivity index (χ2v) is 6.47. The lowest BCUT2D eigenvalue weighted by atomic mass is 10.1.